The molecule has 112 valence electrons. The monoisotopic (exact) mass is 391 g/mol. The van der Waals surface area contributed by atoms with E-state index in [1.807, 2.05) is 6.07 Å². The molecule has 3 N–H and O–H groups in total. The summed E-state index contributed by atoms with van der Waals surface area (Å²) in [5, 5.41) is 3.11. The van der Waals surface area contributed by atoms with Crippen LogP contribution in [0.1, 0.15) is 31.2 Å². The van der Waals surface area contributed by atoms with E-state index in [0.29, 0.717) is 5.96 Å². The van der Waals surface area contributed by atoms with Crippen LogP contribution in [0.15, 0.2) is 29.3 Å². The van der Waals surface area contributed by atoms with Gasteiger partial charge in [-0.2, -0.15) is 0 Å². The number of hydrogen-bond acceptors (Lipinski definition) is 1. The molecule has 0 spiro atoms. The average Bonchev–Trinajstić information content (AvgIpc) is 2.33. The first-order valence-electron chi connectivity index (χ1n) is 7.02. The van der Waals surface area contributed by atoms with Crippen molar-refractivity contribution in [1.82, 2.24) is 5.32 Å². The minimum absolute atomic E-state index is 0. The molecule has 1 saturated carbocycles. The van der Waals surface area contributed by atoms with Crippen LogP contribution >= 0.6 is 24.0 Å². The lowest BCUT2D eigenvalue weighted by atomic mass is 9.86. The molecule has 2 rings (SSSR count). The number of nitrogens with two attached hydrogens (primary N) is 1. The molecular weight excluding hydrogens is 368 g/mol. The van der Waals surface area contributed by atoms with Gasteiger partial charge < -0.3 is 11.1 Å². The summed E-state index contributed by atoms with van der Waals surface area (Å²) in [5.41, 5.74) is 6.80. The predicted octanol–water partition coefficient (Wildman–Crippen LogP) is 3.08. The van der Waals surface area contributed by atoms with Gasteiger partial charge in [-0.3, -0.25) is 4.99 Å². The molecule has 0 unspecified atom stereocenters. The van der Waals surface area contributed by atoms with E-state index in [9.17, 15) is 4.39 Å². The Morgan fingerprint density at radius 1 is 1.40 bits per heavy atom. The number of aryl methyl sites for hydroxylation is 1. The van der Waals surface area contributed by atoms with E-state index >= 15 is 0 Å². The standard InChI is InChI=1S/C15H22FN3.HI/c16-14-8-2-4-12(10-14)7-3-9-18-15(17)19-11-13-5-1-6-13;/h2,4,8,10,13H,1,3,5-7,9,11H2,(H3,17,18,19);1H. The lowest BCUT2D eigenvalue weighted by Crippen LogP contribution is -2.33. The zero-order valence-corrected chi connectivity index (χ0v) is 14.0. The third-order valence-electron chi connectivity index (χ3n) is 3.58. The highest BCUT2D eigenvalue weighted by molar-refractivity contribution is 14.0. The highest BCUT2D eigenvalue weighted by atomic mass is 127. The average molecular weight is 391 g/mol. The number of nitrogens with one attached hydrogen (secondary N) is 1. The quantitative estimate of drug-likeness (QED) is 0.339. The molecule has 0 aliphatic heterocycles. The van der Waals surface area contributed by atoms with Crippen LogP contribution in [-0.2, 0) is 6.42 Å². The van der Waals surface area contributed by atoms with Crippen LogP contribution in [0, 0.1) is 11.7 Å². The Morgan fingerprint density at radius 3 is 2.85 bits per heavy atom. The van der Waals surface area contributed by atoms with Crippen LogP contribution < -0.4 is 11.1 Å². The Balaban J connectivity index is 0.00000200. The summed E-state index contributed by atoms with van der Waals surface area (Å²) >= 11 is 0. The van der Waals surface area contributed by atoms with Crippen molar-refractivity contribution in [3.05, 3.63) is 35.6 Å². The van der Waals surface area contributed by atoms with Crippen LogP contribution in [0.25, 0.3) is 0 Å². The zero-order valence-electron chi connectivity index (χ0n) is 11.6. The summed E-state index contributed by atoms with van der Waals surface area (Å²) in [6, 6.07) is 6.73. The van der Waals surface area contributed by atoms with Crippen molar-refractivity contribution in [2.24, 2.45) is 16.6 Å². The van der Waals surface area contributed by atoms with Gasteiger partial charge in [0, 0.05) is 13.1 Å². The molecule has 0 atom stereocenters. The van der Waals surface area contributed by atoms with Crippen molar-refractivity contribution in [2.45, 2.75) is 32.1 Å². The third-order valence-corrected chi connectivity index (χ3v) is 3.58. The Hall–Kier alpha value is -0.850. The molecule has 0 heterocycles. The van der Waals surface area contributed by atoms with E-state index in [4.69, 9.17) is 5.73 Å². The van der Waals surface area contributed by atoms with E-state index in [0.717, 1.165) is 37.4 Å². The van der Waals surface area contributed by atoms with Crippen LogP contribution in [-0.4, -0.2) is 19.0 Å². The minimum atomic E-state index is -0.174. The van der Waals surface area contributed by atoms with Gasteiger partial charge in [0.2, 0.25) is 0 Å². The van der Waals surface area contributed by atoms with Crippen molar-refractivity contribution in [3.8, 4) is 0 Å². The van der Waals surface area contributed by atoms with E-state index in [1.54, 1.807) is 12.1 Å². The summed E-state index contributed by atoms with van der Waals surface area (Å²) < 4.78 is 13.0. The molecule has 0 amide bonds. The molecule has 0 saturated heterocycles. The molecule has 0 bridgehead atoms. The highest BCUT2D eigenvalue weighted by Gasteiger charge is 2.16. The number of nitrogens with zero attached hydrogens (tertiary/aromatic N) is 1. The highest BCUT2D eigenvalue weighted by Crippen LogP contribution is 2.26. The molecular formula is C15H23FIN3. The second-order valence-electron chi connectivity index (χ2n) is 5.18. The molecule has 1 aliphatic carbocycles. The predicted molar refractivity (Wildman–Crippen MR) is 92.0 cm³/mol. The first kappa shape index (κ1) is 17.2. The first-order valence-corrected chi connectivity index (χ1v) is 7.02. The molecule has 1 aliphatic rings. The first-order chi connectivity index (χ1) is 9.24. The molecule has 20 heavy (non-hydrogen) atoms. The Morgan fingerprint density at radius 2 is 2.20 bits per heavy atom. The van der Waals surface area contributed by atoms with Gasteiger partial charge in [-0.25, -0.2) is 4.39 Å². The molecule has 1 aromatic rings. The number of aliphatic imine (C=N–C) groups is 1. The number of benzene rings is 1. The second-order valence-corrected chi connectivity index (χ2v) is 5.18. The van der Waals surface area contributed by atoms with Crippen LogP contribution in [0.4, 0.5) is 4.39 Å². The van der Waals surface area contributed by atoms with Crippen molar-refractivity contribution in [1.29, 1.82) is 0 Å². The normalized spacial score (nSPS) is 15.3. The third kappa shape index (κ3) is 6.07. The van der Waals surface area contributed by atoms with Crippen LogP contribution in [0.5, 0.6) is 0 Å². The maximum Gasteiger partial charge on any atom is 0.188 e. The summed E-state index contributed by atoms with van der Waals surface area (Å²) in [7, 11) is 0. The maximum atomic E-state index is 13.0. The second kappa shape index (κ2) is 9.15. The van der Waals surface area contributed by atoms with E-state index < -0.39 is 0 Å². The van der Waals surface area contributed by atoms with Gasteiger partial charge in [0.1, 0.15) is 5.82 Å². The van der Waals surface area contributed by atoms with Crippen molar-refractivity contribution in [3.63, 3.8) is 0 Å². The van der Waals surface area contributed by atoms with Crippen molar-refractivity contribution < 1.29 is 4.39 Å². The Bertz CT molecular complexity index is 433. The molecule has 5 heteroatoms. The van der Waals surface area contributed by atoms with Crippen LogP contribution in [0.3, 0.4) is 0 Å². The number of hydrogen-bond donors (Lipinski definition) is 2. The summed E-state index contributed by atoms with van der Waals surface area (Å²) in [4.78, 5) is 4.33. The number of guanidine groups is 1. The Labute approximate surface area is 137 Å². The SMILES string of the molecule is I.NC(=NCC1CCC1)NCCCc1cccc(F)c1. The van der Waals surface area contributed by atoms with Gasteiger partial charge in [-0.15, -0.1) is 24.0 Å². The van der Waals surface area contributed by atoms with E-state index in [-0.39, 0.29) is 29.8 Å². The summed E-state index contributed by atoms with van der Waals surface area (Å²) in [5.74, 6) is 1.10. The molecule has 3 nitrogen and oxygen atoms in total. The fourth-order valence-corrected chi connectivity index (χ4v) is 2.16. The van der Waals surface area contributed by atoms with E-state index in [1.165, 1.54) is 25.3 Å². The van der Waals surface area contributed by atoms with Crippen molar-refractivity contribution in [2.75, 3.05) is 13.1 Å². The number of halogens is 2. The lowest BCUT2D eigenvalue weighted by Gasteiger charge is -2.23. The maximum absolute atomic E-state index is 13.0. The van der Waals surface area contributed by atoms with Gasteiger partial charge >= 0.3 is 0 Å². The molecule has 1 aromatic carbocycles. The van der Waals surface area contributed by atoms with E-state index in [2.05, 4.69) is 10.3 Å². The fourth-order valence-electron chi connectivity index (χ4n) is 2.16. The molecule has 1 fully saturated rings. The summed E-state index contributed by atoms with van der Waals surface area (Å²) in [6.45, 7) is 1.62. The van der Waals surface area contributed by atoms with Crippen LogP contribution in [0.2, 0.25) is 0 Å². The molecule has 0 radical (unpaired) electrons. The summed E-state index contributed by atoms with van der Waals surface area (Å²) in [6.07, 6.45) is 5.68. The molecule has 0 aromatic heterocycles. The fraction of sp³-hybridized carbons (Fsp3) is 0.533. The largest absolute Gasteiger partial charge is 0.370 e. The number of rotatable bonds is 6. The topological polar surface area (TPSA) is 50.4 Å². The lowest BCUT2D eigenvalue weighted by molar-refractivity contribution is 0.326. The van der Waals surface area contributed by atoms with Gasteiger partial charge in [-0.1, -0.05) is 18.6 Å². The van der Waals surface area contributed by atoms with Crippen molar-refractivity contribution >= 4 is 29.9 Å². The van der Waals surface area contributed by atoms with Gasteiger partial charge in [0.15, 0.2) is 5.96 Å². The van der Waals surface area contributed by atoms with Gasteiger partial charge in [0.05, 0.1) is 0 Å². The van der Waals surface area contributed by atoms with Gasteiger partial charge in [-0.05, 0) is 49.3 Å². The Kier molecular flexibility index (Phi) is 7.87. The van der Waals surface area contributed by atoms with Gasteiger partial charge in [0.25, 0.3) is 0 Å². The zero-order chi connectivity index (χ0) is 13.5. The minimum Gasteiger partial charge on any atom is -0.370 e. The smallest absolute Gasteiger partial charge is 0.188 e.